The molecule has 1 aliphatic heterocycles. The molecule has 2 N–H and O–H groups in total. The van der Waals surface area contributed by atoms with E-state index >= 15 is 0 Å². The molecule has 2 rings (SSSR count). The van der Waals surface area contributed by atoms with Gasteiger partial charge in [-0.1, -0.05) is 6.07 Å². The molecule has 1 aliphatic rings. The second-order valence-corrected chi connectivity index (χ2v) is 4.80. The van der Waals surface area contributed by atoms with E-state index in [9.17, 15) is 14.4 Å². The van der Waals surface area contributed by atoms with Crippen molar-refractivity contribution in [2.45, 2.75) is 6.54 Å². The number of halogens is 1. The van der Waals surface area contributed by atoms with Crippen LogP contribution in [0, 0.1) is 5.82 Å². The highest BCUT2D eigenvalue weighted by Gasteiger charge is 2.20. The van der Waals surface area contributed by atoms with Gasteiger partial charge in [0.15, 0.2) is 0 Å². The molecule has 1 aromatic rings. The Kier molecular flexibility index (Phi) is 4.34. The SMILES string of the molecule is CN1CCN(Cc2ccc(F)cc2B(O)O)CC1. The van der Waals surface area contributed by atoms with Gasteiger partial charge >= 0.3 is 7.12 Å². The Balaban J connectivity index is 2.09. The smallest absolute Gasteiger partial charge is 0.423 e. The fourth-order valence-corrected chi connectivity index (χ4v) is 2.20. The van der Waals surface area contributed by atoms with Gasteiger partial charge in [-0.2, -0.15) is 0 Å². The van der Waals surface area contributed by atoms with Gasteiger partial charge in [0.2, 0.25) is 0 Å². The lowest BCUT2D eigenvalue weighted by molar-refractivity contribution is 0.148. The maximum Gasteiger partial charge on any atom is 0.488 e. The van der Waals surface area contributed by atoms with Crippen LogP contribution in [0.25, 0.3) is 0 Å². The third-order valence-electron chi connectivity index (χ3n) is 3.38. The molecule has 0 bridgehead atoms. The van der Waals surface area contributed by atoms with Gasteiger partial charge in [0.1, 0.15) is 5.82 Å². The number of benzene rings is 1. The third kappa shape index (κ3) is 3.29. The Hall–Kier alpha value is -0.945. The molecule has 0 radical (unpaired) electrons. The topological polar surface area (TPSA) is 46.9 Å². The molecule has 0 atom stereocenters. The number of likely N-dealkylation sites (N-methyl/N-ethyl adjacent to an activating group) is 1. The van der Waals surface area contributed by atoms with Crippen molar-refractivity contribution in [1.82, 2.24) is 9.80 Å². The molecule has 98 valence electrons. The summed E-state index contributed by atoms with van der Waals surface area (Å²) in [5, 5.41) is 18.5. The van der Waals surface area contributed by atoms with Crippen LogP contribution in [0.2, 0.25) is 0 Å². The predicted octanol–water partition coefficient (Wildman–Crippen LogP) is -0.747. The zero-order valence-electron chi connectivity index (χ0n) is 10.5. The van der Waals surface area contributed by atoms with E-state index < -0.39 is 12.9 Å². The molecule has 4 nitrogen and oxygen atoms in total. The summed E-state index contributed by atoms with van der Waals surface area (Å²) in [5.41, 5.74) is 1.03. The first-order valence-corrected chi connectivity index (χ1v) is 6.11. The molecular formula is C12H18BFN2O2. The molecule has 0 saturated carbocycles. The van der Waals surface area contributed by atoms with E-state index in [0.29, 0.717) is 6.54 Å². The summed E-state index contributed by atoms with van der Waals surface area (Å²) in [6.45, 7) is 4.50. The van der Waals surface area contributed by atoms with Crippen LogP contribution in [0.1, 0.15) is 5.56 Å². The Bertz CT molecular complexity index is 409. The van der Waals surface area contributed by atoms with Gasteiger partial charge < -0.3 is 14.9 Å². The summed E-state index contributed by atoms with van der Waals surface area (Å²) in [4.78, 5) is 4.49. The van der Waals surface area contributed by atoms with Crippen molar-refractivity contribution in [3.8, 4) is 0 Å². The van der Waals surface area contributed by atoms with Gasteiger partial charge in [-0.25, -0.2) is 4.39 Å². The maximum atomic E-state index is 13.1. The van der Waals surface area contributed by atoms with Crippen molar-refractivity contribution in [2.75, 3.05) is 33.2 Å². The molecule has 1 aromatic carbocycles. The molecule has 0 aliphatic carbocycles. The number of nitrogens with zero attached hydrogens (tertiary/aromatic N) is 2. The van der Waals surface area contributed by atoms with Crippen LogP contribution >= 0.6 is 0 Å². The molecular weight excluding hydrogens is 234 g/mol. The lowest BCUT2D eigenvalue weighted by Crippen LogP contribution is -2.45. The molecule has 1 saturated heterocycles. The van der Waals surface area contributed by atoms with Crippen LogP contribution in [0.3, 0.4) is 0 Å². The van der Waals surface area contributed by atoms with Crippen LogP contribution < -0.4 is 5.46 Å². The molecule has 0 spiro atoms. The lowest BCUT2D eigenvalue weighted by atomic mass is 9.77. The minimum atomic E-state index is -1.62. The summed E-state index contributed by atoms with van der Waals surface area (Å²) in [6, 6.07) is 4.18. The molecule has 18 heavy (non-hydrogen) atoms. The normalized spacial score (nSPS) is 18.0. The van der Waals surface area contributed by atoms with Crippen molar-refractivity contribution < 1.29 is 14.4 Å². The fourth-order valence-electron chi connectivity index (χ4n) is 2.20. The van der Waals surface area contributed by atoms with Crippen molar-refractivity contribution in [3.05, 3.63) is 29.6 Å². The summed E-state index contributed by atoms with van der Waals surface area (Å²) < 4.78 is 13.1. The highest BCUT2D eigenvalue weighted by molar-refractivity contribution is 6.59. The highest BCUT2D eigenvalue weighted by atomic mass is 19.1. The van der Waals surface area contributed by atoms with Crippen LogP contribution in [-0.2, 0) is 6.54 Å². The van der Waals surface area contributed by atoms with Gasteiger partial charge in [-0.05, 0) is 30.2 Å². The van der Waals surface area contributed by atoms with Gasteiger partial charge in [-0.3, -0.25) is 4.90 Å². The Morgan fingerprint density at radius 3 is 2.50 bits per heavy atom. The zero-order valence-corrected chi connectivity index (χ0v) is 10.5. The van der Waals surface area contributed by atoms with Crippen molar-refractivity contribution in [1.29, 1.82) is 0 Å². The summed E-state index contributed by atoms with van der Waals surface area (Å²) in [7, 11) is 0.459. The quantitative estimate of drug-likeness (QED) is 0.695. The molecule has 6 heteroatoms. The molecule has 1 heterocycles. The second-order valence-electron chi connectivity index (χ2n) is 4.80. The van der Waals surface area contributed by atoms with Crippen LogP contribution in [0.4, 0.5) is 4.39 Å². The number of hydrogen-bond acceptors (Lipinski definition) is 4. The average molecular weight is 252 g/mol. The molecule has 0 aromatic heterocycles. The van der Waals surface area contributed by atoms with E-state index in [2.05, 4.69) is 16.8 Å². The minimum Gasteiger partial charge on any atom is -0.423 e. The first-order valence-electron chi connectivity index (χ1n) is 6.11. The van der Waals surface area contributed by atoms with E-state index in [4.69, 9.17) is 0 Å². The summed E-state index contributed by atoms with van der Waals surface area (Å²) >= 11 is 0. The number of piperazine rings is 1. The van der Waals surface area contributed by atoms with E-state index in [1.807, 2.05) is 0 Å². The average Bonchev–Trinajstić information content (AvgIpc) is 2.34. The van der Waals surface area contributed by atoms with Crippen LogP contribution in [-0.4, -0.2) is 60.2 Å². The Labute approximate surface area is 107 Å². The van der Waals surface area contributed by atoms with E-state index in [1.165, 1.54) is 12.1 Å². The number of hydrogen-bond donors (Lipinski definition) is 2. The lowest BCUT2D eigenvalue weighted by Gasteiger charge is -2.32. The second kappa shape index (κ2) is 5.80. The van der Waals surface area contributed by atoms with Gasteiger partial charge in [-0.15, -0.1) is 0 Å². The highest BCUT2D eigenvalue weighted by Crippen LogP contribution is 2.08. The number of rotatable bonds is 3. The zero-order chi connectivity index (χ0) is 13.1. The van der Waals surface area contributed by atoms with E-state index in [-0.39, 0.29) is 5.46 Å². The van der Waals surface area contributed by atoms with Crippen molar-refractivity contribution in [3.63, 3.8) is 0 Å². The summed E-state index contributed by atoms with van der Waals surface area (Å²) in [5.74, 6) is -0.444. The molecule has 0 amide bonds. The molecule has 0 unspecified atom stereocenters. The van der Waals surface area contributed by atoms with Crippen LogP contribution in [0.15, 0.2) is 18.2 Å². The monoisotopic (exact) mass is 252 g/mol. The minimum absolute atomic E-state index is 0.258. The maximum absolute atomic E-state index is 13.1. The fraction of sp³-hybridized carbons (Fsp3) is 0.500. The van der Waals surface area contributed by atoms with E-state index in [0.717, 1.165) is 31.7 Å². The van der Waals surface area contributed by atoms with Crippen molar-refractivity contribution in [2.24, 2.45) is 0 Å². The first-order chi connectivity index (χ1) is 8.56. The van der Waals surface area contributed by atoms with Crippen LogP contribution in [0.5, 0.6) is 0 Å². The van der Waals surface area contributed by atoms with Gasteiger partial charge in [0.25, 0.3) is 0 Å². The Morgan fingerprint density at radius 2 is 1.89 bits per heavy atom. The Morgan fingerprint density at radius 1 is 1.22 bits per heavy atom. The van der Waals surface area contributed by atoms with Crippen molar-refractivity contribution >= 4 is 12.6 Å². The molecule has 1 fully saturated rings. The summed E-state index contributed by atoms with van der Waals surface area (Å²) in [6.07, 6.45) is 0. The predicted molar refractivity (Wildman–Crippen MR) is 69.0 cm³/mol. The third-order valence-corrected chi connectivity index (χ3v) is 3.38. The van der Waals surface area contributed by atoms with Gasteiger partial charge in [0.05, 0.1) is 0 Å². The van der Waals surface area contributed by atoms with Gasteiger partial charge in [0, 0.05) is 32.7 Å². The standard InChI is InChI=1S/C12H18BFN2O2/c1-15-4-6-16(7-5-15)9-10-2-3-11(14)8-12(10)13(17)18/h2-3,8,17-18H,4-7,9H2,1H3. The van der Waals surface area contributed by atoms with E-state index in [1.54, 1.807) is 6.07 Å². The first kappa shape index (κ1) is 13.5. The largest absolute Gasteiger partial charge is 0.488 e.